The van der Waals surface area contributed by atoms with Gasteiger partial charge in [0.15, 0.2) is 23.3 Å². The molecule has 0 spiro atoms. The van der Waals surface area contributed by atoms with Crippen LogP contribution in [0.3, 0.4) is 0 Å². The second-order valence-corrected chi connectivity index (χ2v) is 24.3. The van der Waals surface area contributed by atoms with E-state index in [0.717, 1.165) is 128 Å². The molecule has 13 aromatic carbocycles. The van der Waals surface area contributed by atoms with E-state index in [1.165, 1.54) is 22.1 Å². The van der Waals surface area contributed by atoms with Crippen molar-refractivity contribution in [3.8, 4) is 84.9 Å². The summed E-state index contributed by atoms with van der Waals surface area (Å²) in [6.45, 7) is -0.0550. The lowest BCUT2D eigenvalue weighted by Crippen LogP contribution is -2.61. The number of fused-ring (bicyclic) bond motifs is 11. The number of hydrogen-bond acceptors (Lipinski definition) is 8. The van der Waals surface area contributed by atoms with E-state index in [0.29, 0.717) is 29.0 Å². The largest absolute Gasteiger partial charge is 0.455 e. The number of nitrogens with zero attached hydrogens (tertiary/aromatic N) is 8. The summed E-state index contributed by atoms with van der Waals surface area (Å²) >= 11 is 0. The second kappa shape index (κ2) is 22.0. The number of para-hydroxylation sites is 6. The Morgan fingerprint density at radius 1 is 0.295 bits per heavy atom. The number of hydrogen-bond donors (Lipinski definition) is 0. The van der Waals surface area contributed by atoms with Gasteiger partial charge < -0.3 is 18.8 Å². The summed E-state index contributed by atoms with van der Waals surface area (Å²) in [5, 5.41) is 4.25. The summed E-state index contributed by atoms with van der Waals surface area (Å²) in [5.74, 6) is 2.25. The molecule has 6 heterocycles. The molecule has 0 N–H and O–H groups in total. The molecule has 2 aliphatic rings. The Balaban J connectivity index is 0.854. The quantitative estimate of drug-likeness (QED) is 0.125. The third kappa shape index (κ3) is 8.83. The van der Waals surface area contributed by atoms with E-state index in [4.69, 9.17) is 29.3 Å². The highest BCUT2D eigenvalue weighted by atomic mass is 16.3. The summed E-state index contributed by atoms with van der Waals surface area (Å²) in [4.78, 5) is 32.0. The molecular weight excluding hydrogens is 1160 g/mol. The second-order valence-electron chi connectivity index (χ2n) is 24.3. The maximum atomic E-state index is 6.85. The van der Waals surface area contributed by atoms with E-state index in [-0.39, 0.29) is 6.71 Å². The van der Waals surface area contributed by atoms with Crippen molar-refractivity contribution in [2.45, 2.75) is 0 Å². The van der Waals surface area contributed by atoms with Crippen LogP contribution in [-0.4, -0.2) is 36.2 Å². The first-order valence-corrected chi connectivity index (χ1v) is 32.1. The molecule has 19 rings (SSSR count). The van der Waals surface area contributed by atoms with Crippen molar-refractivity contribution in [3.05, 3.63) is 322 Å². The first-order chi connectivity index (χ1) is 47.1. The van der Waals surface area contributed by atoms with Crippen molar-refractivity contribution >= 4 is 101 Å². The molecule has 10 heteroatoms. The van der Waals surface area contributed by atoms with Gasteiger partial charge >= 0.3 is 0 Å². The standard InChI is InChI=1S/C85H53BN8O/c1-6-25-54(26-7-1)69-53-70(88-84(87-69)58-32-24-31-57(51-58)62-46-50-76-79-80(62)93(61-35-14-5-15-36-61)74-43-22-19-40-68(74)86(79)67-39-18-21-42-73(67)92(76)60-33-12-4-13-34-60)66-52-59(85-90-82(55-27-8-2-9-28-55)89-83(91-85)56-29-10-3-11-30-56)45-48-72(66)94-71-41-20-16-38-65(71)78-75(94)49-47-64-63-37-17-23-44-77(63)95-81(64)78/h1-53H. The van der Waals surface area contributed by atoms with Crippen LogP contribution >= 0.6 is 0 Å². The van der Waals surface area contributed by atoms with Gasteiger partial charge in [0, 0.05) is 83.5 Å². The van der Waals surface area contributed by atoms with Crippen molar-refractivity contribution in [1.29, 1.82) is 0 Å². The Labute approximate surface area is 547 Å². The highest BCUT2D eigenvalue weighted by Gasteiger charge is 2.44. The minimum atomic E-state index is -0.0550. The van der Waals surface area contributed by atoms with Crippen molar-refractivity contribution in [1.82, 2.24) is 29.5 Å². The number of anilines is 6. The number of furan rings is 1. The average Bonchev–Trinajstić information content (AvgIpc) is 0.850. The van der Waals surface area contributed by atoms with Crippen LogP contribution in [0.5, 0.6) is 0 Å². The zero-order chi connectivity index (χ0) is 62.5. The van der Waals surface area contributed by atoms with E-state index in [2.05, 4.69) is 257 Å². The van der Waals surface area contributed by atoms with Gasteiger partial charge in [0.05, 0.1) is 39.2 Å². The summed E-state index contributed by atoms with van der Waals surface area (Å²) in [6.07, 6.45) is 0. The summed E-state index contributed by atoms with van der Waals surface area (Å²) in [6, 6.07) is 114. The topological polar surface area (TPSA) is 89.0 Å². The molecule has 0 radical (unpaired) electrons. The lowest BCUT2D eigenvalue weighted by Gasteiger charge is -2.45. The monoisotopic (exact) mass is 1210 g/mol. The van der Waals surface area contributed by atoms with Gasteiger partial charge in [-0.3, -0.25) is 0 Å². The lowest BCUT2D eigenvalue weighted by molar-refractivity contribution is 0.673. The molecule has 9 nitrogen and oxygen atoms in total. The van der Waals surface area contributed by atoms with Crippen LogP contribution in [0.1, 0.15) is 0 Å². The molecule has 4 aromatic heterocycles. The van der Waals surface area contributed by atoms with E-state index < -0.39 is 0 Å². The third-order valence-electron chi connectivity index (χ3n) is 18.8. The van der Waals surface area contributed by atoms with Crippen LogP contribution in [0.15, 0.2) is 326 Å². The maximum absolute atomic E-state index is 6.85. The van der Waals surface area contributed by atoms with E-state index in [1.807, 2.05) is 78.9 Å². The molecule has 0 saturated carbocycles. The summed E-state index contributed by atoms with van der Waals surface area (Å²) < 4.78 is 9.21. The Bertz CT molecular complexity index is 5810. The van der Waals surface area contributed by atoms with Gasteiger partial charge in [-0.15, -0.1) is 0 Å². The van der Waals surface area contributed by atoms with Crippen LogP contribution in [0.25, 0.3) is 129 Å². The van der Waals surface area contributed by atoms with Gasteiger partial charge in [-0.2, -0.15) is 0 Å². The fraction of sp³-hybridized carbons (Fsp3) is 0. The van der Waals surface area contributed by atoms with E-state index >= 15 is 0 Å². The van der Waals surface area contributed by atoms with Gasteiger partial charge in [-0.25, -0.2) is 24.9 Å². The van der Waals surface area contributed by atoms with Gasteiger partial charge in [0.1, 0.15) is 11.2 Å². The first-order valence-electron chi connectivity index (χ1n) is 32.1. The maximum Gasteiger partial charge on any atom is 0.252 e. The minimum Gasteiger partial charge on any atom is -0.455 e. The SMILES string of the molecule is c1ccc(-c2cc(-c3cc(-c4nc(-c5ccccc5)nc(-c5ccccc5)n4)ccc3-n3c4ccccc4c4c5oc6ccccc6c5ccc43)nc(-c3cccc(-c4ccc5c6c4N(c4ccccc4)c4ccccc4B6c4ccccc4N5c4ccccc4)c3)n2)cc1. The Morgan fingerprint density at radius 3 is 1.51 bits per heavy atom. The van der Waals surface area contributed by atoms with Crippen LogP contribution in [0.4, 0.5) is 34.1 Å². The van der Waals surface area contributed by atoms with Crippen molar-refractivity contribution in [2.24, 2.45) is 0 Å². The number of benzene rings is 13. The predicted octanol–water partition coefficient (Wildman–Crippen LogP) is 19.4. The third-order valence-corrected chi connectivity index (χ3v) is 18.8. The Hall–Kier alpha value is -12.8. The fourth-order valence-corrected chi connectivity index (χ4v) is 14.7. The van der Waals surface area contributed by atoms with Gasteiger partial charge in [0.25, 0.3) is 6.71 Å². The molecule has 442 valence electrons. The normalized spacial score (nSPS) is 12.4. The fourth-order valence-electron chi connectivity index (χ4n) is 14.7. The highest BCUT2D eigenvalue weighted by Crippen LogP contribution is 2.49. The minimum absolute atomic E-state index is 0.0550. The zero-order valence-corrected chi connectivity index (χ0v) is 51.2. The van der Waals surface area contributed by atoms with Gasteiger partial charge in [-0.1, -0.05) is 224 Å². The zero-order valence-electron chi connectivity index (χ0n) is 51.2. The molecule has 17 aromatic rings. The van der Waals surface area contributed by atoms with Crippen LogP contribution < -0.4 is 26.2 Å². The van der Waals surface area contributed by atoms with E-state index in [1.54, 1.807) is 0 Å². The molecule has 0 saturated heterocycles. The van der Waals surface area contributed by atoms with Crippen LogP contribution in [0.2, 0.25) is 0 Å². The molecule has 0 unspecified atom stereocenters. The molecular formula is C85H53BN8O. The van der Waals surface area contributed by atoms with Gasteiger partial charge in [0.2, 0.25) is 0 Å². The van der Waals surface area contributed by atoms with E-state index in [9.17, 15) is 0 Å². The van der Waals surface area contributed by atoms with Crippen molar-refractivity contribution < 1.29 is 4.42 Å². The summed E-state index contributed by atoms with van der Waals surface area (Å²) in [5.41, 5.74) is 24.0. The smallest absolute Gasteiger partial charge is 0.252 e. The molecule has 0 atom stereocenters. The molecule has 95 heavy (non-hydrogen) atoms. The van der Waals surface area contributed by atoms with Crippen LogP contribution in [0, 0.1) is 0 Å². The average molecular weight is 1210 g/mol. The Morgan fingerprint density at radius 2 is 0.811 bits per heavy atom. The number of aromatic nitrogens is 6. The first kappa shape index (κ1) is 54.0. The summed E-state index contributed by atoms with van der Waals surface area (Å²) in [7, 11) is 0. The van der Waals surface area contributed by atoms with Crippen molar-refractivity contribution in [3.63, 3.8) is 0 Å². The molecule has 2 aliphatic heterocycles. The molecule has 0 bridgehead atoms. The van der Waals surface area contributed by atoms with Crippen LogP contribution in [-0.2, 0) is 0 Å². The Kier molecular flexibility index (Phi) is 12.5. The number of rotatable bonds is 10. The van der Waals surface area contributed by atoms with Crippen molar-refractivity contribution in [2.75, 3.05) is 9.80 Å². The molecule has 0 aliphatic carbocycles. The molecule has 0 amide bonds. The highest BCUT2D eigenvalue weighted by molar-refractivity contribution is 7.00. The lowest BCUT2D eigenvalue weighted by atomic mass is 9.33. The van der Waals surface area contributed by atoms with Gasteiger partial charge in [-0.05, 0) is 119 Å². The molecule has 0 fully saturated rings. The predicted molar refractivity (Wildman–Crippen MR) is 389 cm³/mol.